The predicted molar refractivity (Wildman–Crippen MR) is 159 cm³/mol. The Morgan fingerprint density at radius 1 is 1.00 bits per heavy atom. The highest BCUT2D eigenvalue weighted by atomic mass is 35.5. The zero-order valence-electron chi connectivity index (χ0n) is 23.2. The van der Waals surface area contributed by atoms with E-state index in [4.69, 9.17) is 16.3 Å². The third kappa shape index (κ3) is 8.47. The van der Waals surface area contributed by atoms with E-state index in [0.717, 1.165) is 16.1 Å². The van der Waals surface area contributed by atoms with E-state index in [0.29, 0.717) is 22.8 Å². The molecule has 0 spiro atoms. The lowest BCUT2D eigenvalue weighted by Gasteiger charge is -2.34. The fraction of sp³-hybridized carbons (Fsp3) is 0.333. The van der Waals surface area contributed by atoms with E-state index in [2.05, 4.69) is 5.32 Å². The normalized spacial score (nSPS) is 12.7. The summed E-state index contributed by atoms with van der Waals surface area (Å²) in [6.07, 6.45) is 1.98. The van der Waals surface area contributed by atoms with Crippen molar-refractivity contribution >= 4 is 39.1 Å². The molecule has 1 N–H and O–H groups in total. The minimum absolute atomic E-state index is 0.0135. The smallest absolute Gasteiger partial charge is 0.244 e. The largest absolute Gasteiger partial charge is 0.497 e. The molecule has 0 aliphatic rings. The standard InChI is InChI=1S/C30H36ClN3O5S/c1-5-22(2)32-30(36)28(18-23-12-7-6-8-13-23)33(20-24-14-9-10-17-27(24)31)29(35)21-34(40(4,37)38)25-15-11-16-26(19-25)39-3/h6-17,19,22,28H,5,18,20-21H2,1-4H3,(H,32,36)/t22-,28+/m1/s1. The summed E-state index contributed by atoms with van der Waals surface area (Å²) in [5, 5.41) is 3.44. The first-order valence-electron chi connectivity index (χ1n) is 13.0. The van der Waals surface area contributed by atoms with Gasteiger partial charge in [-0.15, -0.1) is 0 Å². The minimum atomic E-state index is -3.88. The molecule has 0 aromatic heterocycles. The number of ether oxygens (including phenoxy) is 1. The van der Waals surface area contributed by atoms with Gasteiger partial charge in [0.05, 0.1) is 19.1 Å². The second kappa shape index (κ2) is 14.2. The van der Waals surface area contributed by atoms with Gasteiger partial charge in [0.25, 0.3) is 0 Å². The molecular formula is C30H36ClN3O5S. The summed E-state index contributed by atoms with van der Waals surface area (Å²) >= 11 is 6.47. The Balaban J connectivity index is 2.07. The minimum Gasteiger partial charge on any atom is -0.497 e. The van der Waals surface area contributed by atoms with Crippen molar-refractivity contribution in [2.24, 2.45) is 0 Å². The molecule has 2 atom stereocenters. The molecular weight excluding hydrogens is 550 g/mol. The maximum atomic E-state index is 14.1. The summed E-state index contributed by atoms with van der Waals surface area (Å²) < 4.78 is 32.1. The van der Waals surface area contributed by atoms with Gasteiger partial charge < -0.3 is 15.0 Å². The number of nitrogens with one attached hydrogen (secondary N) is 1. The summed E-state index contributed by atoms with van der Waals surface area (Å²) in [4.78, 5) is 29.2. The van der Waals surface area contributed by atoms with Gasteiger partial charge >= 0.3 is 0 Å². The van der Waals surface area contributed by atoms with Gasteiger partial charge in [0.1, 0.15) is 18.3 Å². The number of carbonyl (C=O) groups excluding carboxylic acids is 2. The van der Waals surface area contributed by atoms with Crippen LogP contribution in [0.1, 0.15) is 31.4 Å². The van der Waals surface area contributed by atoms with Crippen LogP contribution in [0.4, 0.5) is 5.69 Å². The van der Waals surface area contributed by atoms with Crippen LogP contribution in [-0.4, -0.2) is 57.1 Å². The van der Waals surface area contributed by atoms with Crippen LogP contribution in [0.5, 0.6) is 5.75 Å². The highest BCUT2D eigenvalue weighted by Gasteiger charge is 2.33. The topological polar surface area (TPSA) is 96.0 Å². The number of benzene rings is 3. The first-order chi connectivity index (χ1) is 19.0. The van der Waals surface area contributed by atoms with Crippen molar-refractivity contribution in [2.45, 2.75) is 45.3 Å². The summed E-state index contributed by atoms with van der Waals surface area (Å²) in [6.45, 7) is 3.35. The van der Waals surface area contributed by atoms with Crippen molar-refractivity contribution in [2.75, 3.05) is 24.2 Å². The van der Waals surface area contributed by atoms with Gasteiger partial charge in [-0.25, -0.2) is 8.42 Å². The van der Waals surface area contributed by atoms with Crippen molar-refractivity contribution < 1.29 is 22.7 Å². The third-order valence-electron chi connectivity index (χ3n) is 6.59. The van der Waals surface area contributed by atoms with Crippen molar-refractivity contribution in [3.05, 3.63) is 95.0 Å². The summed E-state index contributed by atoms with van der Waals surface area (Å²) in [7, 11) is -2.40. The Morgan fingerprint density at radius 3 is 2.30 bits per heavy atom. The van der Waals surface area contributed by atoms with Crippen LogP contribution in [0, 0.1) is 0 Å². The average Bonchev–Trinajstić information content (AvgIpc) is 2.94. The summed E-state index contributed by atoms with van der Waals surface area (Å²) in [5.41, 5.74) is 1.77. The number of nitrogens with zero attached hydrogens (tertiary/aromatic N) is 2. The summed E-state index contributed by atoms with van der Waals surface area (Å²) in [5.74, 6) is -0.430. The van der Waals surface area contributed by atoms with Crippen molar-refractivity contribution in [1.29, 1.82) is 0 Å². The van der Waals surface area contributed by atoms with Crippen LogP contribution < -0.4 is 14.4 Å². The lowest BCUT2D eigenvalue weighted by molar-refractivity contribution is -0.140. The molecule has 0 radical (unpaired) electrons. The lowest BCUT2D eigenvalue weighted by Crippen LogP contribution is -2.54. The lowest BCUT2D eigenvalue weighted by atomic mass is 10.0. The molecule has 0 saturated heterocycles. The zero-order chi connectivity index (χ0) is 29.3. The molecule has 40 heavy (non-hydrogen) atoms. The van der Waals surface area contributed by atoms with Crippen LogP contribution in [0.15, 0.2) is 78.9 Å². The monoisotopic (exact) mass is 585 g/mol. The van der Waals surface area contributed by atoms with Crippen molar-refractivity contribution in [3.63, 3.8) is 0 Å². The van der Waals surface area contributed by atoms with Gasteiger partial charge in [0.15, 0.2) is 0 Å². The third-order valence-corrected chi connectivity index (χ3v) is 8.10. The number of hydrogen-bond donors (Lipinski definition) is 1. The molecule has 3 aromatic rings. The van der Waals surface area contributed by atoms with E-state index < -0.39 is 28.5 Å². The van der Waals surface area contributed by atoms with Crippen LogP contribution in [0.25, 0.3) is 0 Å². The van der Waals surface area contributed by atoms with Gasteiger partial charge in [0, 0.05) is 30.1 Å². The van der Waals surface area contributed by atoms with Crippen LogP contribution >= 0.6 is 11.6 Å². The van der Waals surface area contributed by atoms with Crippen LogP contribution in [0.3, 0.4) is 0 Å². The highest BCUT2D eigenvalue weighted by molar-refractivity contribution is 7.92. The second-order valence-electron chi connectivity index (χ2n) is 9.61. The molecule has 0 bridgehead atoms. The van der Waals surface area contributed by atoms with E-state index >= 15 is 0 Å². The van der Waals surface area contributed by atoms with Crippen LogP contribution in [0.2, 0.25) is 5.02 Å². The number of anilines is 1. The second-order valence-corrected chi connectivity index (χ2v) is 11.9. The van der Waals surface area contributed by atoms with Crippen molar-refractivity contribution in [1.82, 2.24) is 10.2 Å². The number of hydrogen-bond acceptors (Lipinski definition) is 5. The number of amides is 2. The quantitative estimate of drug-likeness (QED) is 0.314. The van der Waals surface area contributed by atoms with Gasteiger partial charge in [-0.3, -0.25) is 13.9 Å². The number of methoxy groups -OCH3 is 1. The molecule has 2 amide bonds. The highest BCUT2D eigenvalue weighted by Crippen LogP contribution is 2.25. The molecule has 214 valence electrons. The van der Waals surface area contributed by atoms with Crippen LogP contribution in [-0.2, 0) is 32.6 Å². The number of carbonyl (C=O) groups is 2. The van der Waals surface area contributed by atoms with Gasteiger partial charge in [-0.2, -0.15) is 0 Å². The Labute approximate surface area is 241 Å². The van der Waals surface area contributed by atoms with Crippen molar-refractivity contribution in [3.8, 4) is 5.75 Å². The maximum Gasteiger partial charge on any atom is 0.244 e. The molecule has 3 aromatic carbocycles. The molecule has 3 rings (SSSR count). The predicted octanol–water partition coefficient (Wildman–Crippen LogP) is 4.67. The Hall–Kier alpha value is -3.56. The maximum absolute atomic E-state index is 14.1. The number of rotatable bonds is 13. The van der Waals surface area contributed by atoms with Gasteiger partial charge in [0.2, 0.25) is 21.8 Å². The first-order valence-corrected chi connectivity index (χ1v) is 15.2. The number of sulfonamides is 1. The van der Waals surface area contributed by atoms with E-state index in [-0.39, 0.29) is 30.6 Å². The van der Waals surface area contributed by atoms with E-state index in [1.807, 2.05) is 44.2 Å². The SMILES string of the molecule is CC[C@@H](C)NC(=O)[C@H](Cc1ccccc1)N(Cc1ccccc1Cl)C(=O)CN(c1cccc(OC)c1)S(C)(=O)=O. The molecule has 0 unspecified atom stereocenters. The molecule has 8 nitrogen and oxygen atoms in total. The molecule has 0 aliphatic carbocycles. The molecule has 10 heteroatoms. The van der Waals surface area contributed by atoms with E-state index in [1.165, 1.54) is 12.0 Å². The summed E-state index contributed by atoms with van der Waals surface area (Å²) in [6, 6.07) is 21.9. The molecule has 0 fully saturated rings. The fourth-order valence-electron chi connectivity index (χ4n) is 4.18. The molecule has 0 heterocycles. The Bertz CT molecular complexity index is 1400. The van der Waals surface area contributed by atoms with E-state index in [9.17, 15) is 18.0 Å². The average molecular weight is 586 g/mol. The Morgan fingerprint density at radius 2 is 1.68 bits per heavy atom. The zero-order valence-corrected chi connectivity index (χ0v) is 24.8. The fourth-order valence-corrected chi connectivity index (χ4v) is 5.22. The molecule has 0 aliphatic heterocycles. The Kier molecular flexibility index (Phi) is 11.0. The van der Waals surface area contributed by atoms with Gasteiger partial charge in [-0.1, -0.05) is 73.1 Å². The first kappa shape index (κ1) is 31.0. The van der Waals surface area contributed by atoms with E-state index in [1.54, 1.807) is 48.5 Å². The van der Waals surface area contributed by atoms with Gasteiger partial charge in [-0.05, 0) is 42.7 Å². The number of halogens is 1. The molecule has 0 saturated carbocycles.